The molecular formula is C24H34N4O3. The Labute approximate surface area is 184 Å². The number of unbranched alkanes of at least 4 members (excludes halogenated alkanes) is 1. The van der Waals surface area contributed by atoms with Crippen molar-refractivity contribution in [2.75, 3.05) is 37.7 Å². The van der Waals surface area contributed by atoms with Crippen molar-refractivity contribution in [3.63, 3.8) is 0 Å². The molecule has 1 saturated heterocycles. The minimum Gasteiger partial charge on any atom is -0.461 e. The molecule has 0 radical (unpaired) electrons. The molecule has 1 amide bonds. The molecule has 31 heavy (non-hydrogen) atoms. The first-order valence-corrected chi connectivity index (χ1v) is 11.6. The lowest BCUT2D eigenvalue weighted by Crippen LogP contribution is -2.39. The van der Waals surface area contributed by atoms with Crippen LogP contribution in [-0.2, 0) is 9.53 Å². The topological polar surface area (TPSA) is 75.6 Å². The van der Waals surface area contributed by atoms with Gasteiger partial charge in [0.25, 0.3) is 0 Å². The zero-order valence-corrected chi connectivity index (χ0v) is 19.0. The molecule has 0 bridgehead atoms. The molecule has 3 rings (SSSR count). The number of nitrogens with zero attached hydrogens (tertiary/aromatic N) is 4. The molecule has 0 unspecified atom stereocenters. The van der Waals surface area contributed by atoms with Gasteiger partial charge in [-0.05, 0) is 38.3 Å². The summed E-state index contributed by atoms with van der Waals surface area (Å²) < 4.78 is 5.25. The van der Waals surface area contributed by atoms with Crippen LogP contribution in [0.15, 0.2) is 24.3 Å². The molecule has 2 aromatic rings. The van der Waals surface area contributed by atoms with Gasteiger partial charge in [-0.1, -0.05) is 38.8 Å². The fourth-order valence-corrected chi connectivity index (χ4v) is 4.11. The Morgan fingerprint density at radius 2 is 1.77 bits per heavy atom. The highest BCUT2D eigenvalue weighted by Crippen LogP contribution is 2.24. The van der Waals surface area contributed by atoms with Crippen LogP contribution < -0.4 is 4.90 Å². The van der Waals surface area contributed by atoms with Crippen LogP contribution in [0.1, 0.15) is 63.4 Å². The summed E-state index contributed by atoms with van der Waals surface area (Å²) in [5, 5.41) is 0. The first kappa shape index (κ1) is 23.0. The van der Waals surface area contributed by atoms with Crippen LogP contribution in [0.25, 0.3) is 11.0 Å². The van der Waals surface area contributed by atoms with Gasteiger partial charge in [-0.2, -0.15) is 0 Å². The summed E-state index contributed by atoms with van der Waals surface area (Å²) in [4.78, 5) is 39.1. The normalized spacial score (nSPS) is 15.6. The van der Waals surface area contributed by atoms with Gasteiger partial charge < -0.3 is 14.5 Å². The van der Waals surface area contributed by atoms with Gasteiger partial charge in [0.15, 0.2) is 11.5 Å². The van der Waals surface area contributed by atoms with Crippen molar-refractivity contribution in [2.24, 2.45) is 5.92 Å². The van der Waals surface area contributed by atoms with Crippen LogP contribution in [0.4, 0.5) is 5.82 Å². The van der Waals surface area contributed by atoms with Gasteiger partial charge in [0, 0.05) is 32.1 Å². The van der Waals surface area contributed by atoms with Crippen LogP contribution in [0.2, 0.25) is 0 Å². The monoisotopic (exact) mass is 426 g/mol. The lowest BCUT2D eigenvalue weighted by molar-refractivity contribution is -0.135. The standard InChI is InChI=1S/C24H34N4O3/c1-4-7-11-18(5-2)23(29)28-15-10-14-27(16-17-28)22-21(24(30)31-6-3)25-19-12-8-9-13-20(19)26-22/h8-9,12-13,18H,4-7,10-11,14-17H2,1-3H3/t18-/m0/s1. The van der Waals surface area contributed by atoms with Crippen LogP contribution in [0.3, 0.4) is 0 Å². The molecule has 2 heterocycles. The van der Waals surface area contributed by atoms with Gasteiger partial charge in [0.2, 0.25) is 5.91 Å². The Balaban J connectivity index is 1.82. The van der Waals surface area contributed by atoms with Gasteiger partial charge in [0.05, 0.1) is 17.6 Å². The average Bonchev–Trinajstić information content (AvgIpc) is 3.05. The van der Waals surface area contributed by atoms with Gasteiger partial charge in [0.1, 0.15) is 0 Å². The molecule has 7 heteroatoms. The number of para-hydroxylation sites is 2. The Morgan fingerprint density at radius 1 is 1.03 bits per heavy atom. The van der Waals surface area contributed by atoms with E-state index in [1.165, 1.54) is 0 Å². The third-order valence-electron chi connectivity index (χ3n) is 5.88. The van der Waals surface area contributed by atoms with E-state index < -0.39 is 5.97 Å². The number of rotatable bonds is 8. The number of hydrogen-bond acceptors (Lipinski definition) is 6. The van der Waals surface area contributed by atoms with E-state index in [0.717, 1.165) is 50.7 Å². The summed E-state index contributed by atoms with van der Waals surface area (Å²) in [7, 11) is 0. The SMILES string of the molecule is CCCC[C@H](CC)C(=O)N1CCCN(c2nc3ccccc3nc2C(=O)OCC)CC1. The molecule has 1 aliphatic rings. The fraction of sp³-hybridized carbons (Fsp3) is 0.583. The van der Waals surface area contributed by atoms with Gasteiger partial charge in [-0.25, -0.2) is 14.8 Å². The minimum absolute atomic E-state index is 0.0991. The largest absolute Gasteiger partial charge is 0.461 e. The number of benzene rings is 1. The quantitative estimate of drug-likeness (QED) is 0.593. The zero-order valence-electron chi connectivity index (χ0n) is 19.0. The molecule has 1 aliphatic heterocycles. The zero-order chi connectivity index (χ0) is 22.2. The predicted octanol–water partition coefficient (Wildman–Crippen LogP) is 4.06. The van der Waals surface area contributed by atoms with Crippen molar-refractivity contribution in [1.29, 1.82) is 0 Å². The van der Waals surface area contributed by atoms with Crippen molar-refractivity contribution in [3.8, 4) is 0 Å². The van der Waals surface area contributed by atoms with E-state index in [-0.39, 0.29) is 24.1 Å². The number of aromatic nitrogens is 2. The van der Waals surface area contributed by atoms with E-state index in [0.29, 0.717) is 24.4 Å². The molecule has 1 atom stereocenters. The molecule has 0 N–H and O–H groups in total. The second kappa shape index (κ2) is 11.1. The molecule has 0 spiro atoms. The average molecular weight is 427 g/mol. The number of anilines is 1. The van der Waals surface area contributed by atoms with Gasteiger partial charge in [-0.3, -0.25) is 4.79 Å². The van der Waals surface area contributed by atoms with Crippen LogP contribution in [0.5, 0.6) is 0 Å². The van der Waals surface area contributed by atoms with Gasteiger partial charge >= 0.3 is 5.97 Å². The molecule has 1 fully saturated rings. The Morgan fingerprint density at radius 3 is 2.45 bits per heavy atom. The van der Waals surface area contributed by atoms with Gasteiger partial charge in [-0.15, -0.1) is 0 Å². The third kappa shape index (κ3) is 5.51. The number of carbonyl (C=O) groups excluding carboxylic acids is 2. The summed E-state index contributed by atoms with van der Waals surface area (Å²) >= 11 is 0. The van der Waals surface area contributed by atoms with Crippen molar-refractivity contribution >= 4 is 28.7 Å². The third-order valence-corrected chi connectivity index (χ3v) is 5.88. The van der Waals surface area contributed by atoms with E-state index in [1.54, 1.807) is 6.92 Å². The molecule has 7 nitrogen and oxygen atoms in total. The van der Waals surface area contributed by atoms with E-state index in [1.807, 2.05) is 29.2 Å². The van der Waals surface area contributed by atoms with E-state index in [9.17, 15) is 9.59 Å². The fourth-order valence-electron chi connectivity index (χ4n) is 4.11. The van der Waals surface area contributed by atoms with Crippen LogP contribution in [-0.4, -0.2) is 59.5 Å². The maximum atomic E-state index is 13.1. The van der Waals surface area contributed by atoms with E-state index in [2.05, 4.69) is 23.7 Å². The summed E-state index contributed by atoms with van der Waals surface area (Å²) in [5.41, 5.74) is 1.66. The smallest absolute Gasteiger partial charge is 0.360 e. The molecular weight excluding hydrogens is 392 g/mol. The van der Waals surface area contributed by atoms with Crippen molar-refractivity contribution in [2.45, 2.75) is 52.9 Å². The summed E-state index contributed by atoms with van der Waals surface area (Å²) in [6.45, 7) is 9.01. The molecule has 1 aromatic heterocycles. The second-order valence-electron chi connectivity index (χ2n) is 8.02. The van der Waals surface area contributed by atoms with Crippen molar-refractivity contribution < 1.29 is 14.3 Å². The summed E-state index contributed by atoms with van der Waals surface area (Å²) in [6, 6.07) is 7.53. The molecule has 0 aliphatic carbocycles. The maximum absolute atomic E-state index is 13.1. The summed E-state index contributed by atoms with van der Waals surface area (Å²) in [6.07, 6.45) is 4.85. The predicted molar refractivity (Wildman–Crippen MR) is 122 cm³/mol. The number of amides is 1. The first-order chi connectivity index (χ1) is 15.1. The maximum Gasteiger partial charge on any atom is 0.360 e. The van der Waals surface area contributed by atoms with E-state index in [4.69, 9.17) is 9.72 Å². The Hall–Kier alpha value is -2.70. The molecule has 1 aromatic carbocycles. The Kier molecular flexibility index (Phi) is 8.20. The number of esters is 1. The highest BCUT2D eigenvalue weighted by molar-refractivity contribution is 5.95. The van der Waals surface area contributed by atoms with Crippen LogP contribution in [0, 0.1) is 5.92 Å². The first-order valence-electron chi connectivity index (χ1n) is 11.6. The summed E-state index contributed by atoms with van der Waals surface area (Å²) in [5.74, 6) is 0.443. The Bertz CT molecular complexity index is 902. The second-order valence-corrected chi connectivity index (χ2v) is 8.02. The number of ether oxygens (including phenoxy) is 1. The number of fused-ring (bicyclic) bond motifs is 1. The number of carbonyl (C=O) groups is 2. The lowest BCUT2D eigenvalue weighted by Gasteiger charge is -2.26. The lowest BCUT2D eigenvalue weighted by atomic mass is 9.97. The van der Waals surface area contributed by atoms with E-state index >= 15 is 0 Å². The van der Waals surface area contributed by atoms with Crippen LogP contribution >= 0.6 is 0 Å². The highest BCUT2D eigenvalue weighted by atomic mass is 16.5. The van der Waals surface area contributed by atoms with Crippen molar-refractivity contribution in [1.82, 2.24) is 14.9 Å². The highest BCUT2D eigenvalue weighted by Gasteiger charge is 2.28. The molecule has 0 saturated carbocycles. The number of hydrogen-bond donors (Lipinski definition) is 0. The van der Waals surface area contributed by atoms with Crippen molar-refractivity contribution in [3.05, 3.63) is 30.0 Å². The molecule has 168 valence electrons. The minimum atomic E-state index is -0.460.